The quantitative estimate of drug-likeness (QED) is 0.313. The van der Waals surface area contributed by atoms with Gasteiger partial charge in [0, 0.05) is 51.5 Å². The average Bonchev–Trinajstić information content (AvgIpc) is 2.67. The first-order valence-electron chi connectivity index (χ1n) is 9.49. The van der Waals surface area contributed by atoms with E-state index in [0.29, 0.717) is 0 Å². The molecule has 138 valence electrons. The van der Waals surface area contributed by atoms with E-state index in [1.54, 1.807) is 0 Å². The van der Waals surface area contributed by atoms with E-state index in [0.717, 1.165) is 58.2 Å². The van der Waals surface area contributed by atoms with Crippen molar-refractivity contribution < 1.29 is 0 Å². The molecule has 0 amide bonds. The first kappa shape index (κ1) is 19.3. The van der Waals surface area contributed by atoms with Crippen LogP contribution in [0.5, 0.6) is 0 Å². The van der Waals surface area contributed by atoms with Crippen molar-refractivity contribution in [1.29, 1.82) is 0 Å². The second kappa shape index (κ2) is 11.5. The summed E-state index contributed by atoms with van der Waals surface area (Å²) in [6, 6.07) is 10.7. The predicted molar refractivity (Wildman–Crippen MR) is 109 cm³/mol. The summed E-state index contributed by atoms with van der Waals surface area (Å²) in [6.07, 6.45) is 4.18. The molecule has 0 aromatic heterocycles. The van der Waals surface area contributed by atoms with Gasteiger partial charge in [0.05, 0.1) is 0 Å². The van der Waals surface area contributed by atoms with Crippen LogP contribution in [0, 0.1) is 0 Å². The summed E-state index contributed by atoms with van der Waals surface area (Å²) < 4.78 is 0. The SMILES string of the molecule is C=CCNC(=NCCCCN1CCN(c2ccccc2)CC1)NCC. The second-order valence-corrected chi connectivity index (χ2v) is 6.30. The Hall–Kier alpha value is -2.01. The molecule has 0 saturated carbocycles. The van der Waals surface area contributed by atoms with Crippen LogP contribution in [-0.4, -0.2) is 63.2 Å². The molecule has 0 spiro atoms. The molecule has 2 rings (SSSR count). The van der Waals surface area contributed by atoms with Crippen LogP contribution in [0.1, 0.15) is 19.8 Å². The topological polar surface area (TPSA) is 42.9 Å². The zero-order valence-corrected chi connectivity index (χ0v) is 15.6. The molecule has 5 nitrogen and oxygen atoms in total. The molecule has 0 bridgehead atoms. The van der Waals surface area contributed by atoms with Crippen molar-refractivity contribution in [3.8, 4) is 0 Å². The first-order valence-corrected chi connectivity index (χ1v) is 9.49. The Morgan fingerprint density at radius 1 is 1.12 bits per heavy atom. The summed E-state index contributed by atoms with van der Waals surface area (Å²) in [7, 11) is 0. The number of aliphatic imine (C=N–C) groups is 1. The van der Waals surface area contributed by atoms with Gasteiger partial charge in [-0.25, -0.2) is 0 Å². The standard InChI is InChI=1S/C20H33N5/c1-3-12-22-20(21-4-2)23-13-8-9-14-24-15-17-25(18-16-24)19-10-6-5-7-11-19/h3,5-7,10-11H,1,4,8-9,12-18H2,2H3,(H2,21,22,23). The van der Waals surface area contributed by atoms with E-state index in [4.69, 9.17) is 0 Å². The minimum atomic E-state index is 0.748. The van der Waals surface area contributed by atoms with Crippen molar-refractivity contribution in [3.05, 3.63) is 43.0 Å². The number of unbranched alkanes of at least 4 members (excludes halogenated alkanes) is 1. The molecule has 1 fully saturated rings. The molecule has 0 aliphatic carbocycles. The van der Waals surface area contributed by atoms with E-state index < -0.39 is 0 Å². The highest BCUT2D eigenvalue weighted by molar-refractivity contribution is 5.79. The molecule has 1 aromatic rings. The normalized spacial score (nSPS) is 15.9. The number of hydrogen-bond donors (Lipinski definition) is 2. The van der Waals surface area contributed by atoms with E-state index in [-0.39, 0.29) is 0 Å². The summed E-state index contributed by atoms with van der Waals surface area (Å²) >= 11 is 0. The van der Waals surface area contributed by atoms with Crippen LogP contribution in [0.15, 0.2) is 48.0 Å². The molecule has 1 aliphatic rings. The Morgan fingerprint density at radius 2 is 1.88 bits per heavy atom. The van der Waals surface area contributed by atoms with E-state index in [9.17, 15) is 0 Å². The lowest BCUT2D eigenvalue weighted by atomic mass is 10.2. The zero-order valence-electron chi connectivity index (χ0n) is 15.6. The number of hydrogen-bond acceptors (Lipinski definition) is 3. The van der Waals surface area contributed by atoms with Gasteiger partial charge in [0.15, 0.2) is 5.96 Å². The number of nitrogens with one attached hydrogen (secondary N) is 2. The van der Waals surface area contributed by atoms with E-state index >= 15 is 0 Å². The molecule has 25 heavy (non-hydrogen) atoms. The van der Waals surface area contributed by atoms with Gasteiger partial charge < -0.3 is 15.5 Å². The third-order valence-electron chi connectivity index (χ3n) is 4.40. The maximum Gasteiger partial charge on any atom is 0.191 e. The number of piperazine rings is 1. The van der Waals surface area contributed by atoms with Crippen molar-refractivity contribution in [2.24, 2.45) is 4.99 Å². The van der Waals surface area contributed by atoms with Gasteiger partial charge in [-0.2, -0.15) is 0 Å². The van der Waals surface area contributed by atoms with E-state index in [2.05, 4.69) is 69.3 Å². The predicted octanol–water partition coefficient (Wildman–Crippen LogP) is 2.33. The summed E-state index contributed by atoms with van der Waals surface area (Å²) in [5.74, 6) is 0.888. The number of guanidine groups is 1. The summed E-state index contributed by atoms with van der Waals surface area (Å²) in [5.41, 5.74) is 1.35. The molecule has 2 N–H and O–H groups in total. The number of rotatable bonds is 9. The fourth-order valence-electron chi connectivity index (χ4n) is 3.02. The molecule has 1 aliphatic heterocycles. The number of para-hydroxylation sites is 1. The van der Waals surface area contributed by atoms with Gasteiger partial charge in [0.25, 0.3) is 0 Å². The van der Waals surface area contributed by atoms with Crippen LogP contribution in [0.4, 0.5) is 5.69 Å². The molecular weight excluding hydrogens is 310 g/mol. The minimum absolute atomic E-state index is 0.748. The Morgan fingerprint density at radius 3 is 2.56 bits per heavy atom. The lowest BCUT2D eigenvalue weighted by Gasteiger charge is -2.36. The Labute approximate surface area is 152 Å². The van der Waals surface area contributed by atoms with Crippen LogP contribution in [0.2, 0.25) is 0 Å². The highest BCUT2D eigenvalue weighted by Crippen LogP contribution is 2.15. The number of benzene rings is 1. The maximum atomic E-state index is 4.61. The lowest BCUT2D eigenvalue weighted by molar-refractivity contribution is 0.253. The minimum Gasteiger partial charge on any atom is -0.369 e. The van der Waals surface area contributed by atoms with Gasteiger partial charge in [-0.3, -0.25) is 9.89 Å². The number of nitrogens with zero attached hydrogens (tertiary/aromatic N) is 3. The van der Waals surface area contributed by atoms with Crippen LogP contribution in [0.25, 0.3) is 0 Å². The van der Waals surface area contributed by atoms with E-state index in [1.165, 1.54) is 18.7 Å². The van der Waals surface area contributed by atoms with Crippen LogP contribution in [-0.2, 0) is 0 Å². The molecule has 1 saturated heterocycles. The summed E-state index contributed by atoms with van der Waals surface area (Å²) in [4.78, 5) is 9.66. The van der Waals surface area contributed by atoms with Crippen LogP contribution in [0.3, 0.4) is 0 Å². The molecule has 0 atom stereocenters. The Bertz CT molecular complexity index is 506. The summed E-state index contributed by atoms with van der Waals surface area (Å²) in [5, 5.41) is 6.49. The van der Waals surface area contributed by atoms with Crippen molar-refractivity contribution in [3.63, 3.8) is 0 Å². The van der Waals surface area contributed by atoms with E-state index in [1.807, 2.05) is 6.08 Å². The smallest absolute Gasteiger partial charge is 0.191 e. The van der Waals surface area contributed by atoms with Crippen molar-refractivity contribution >= 4 is 11.6 Å². The molecular formula is C20H33N5. The van der Waals surface area contributed by atoms with Gasteiger partial charge in [-0.1, -0.05) is 24.3 Å². The van der Waals surface area contributed by atoms with Crippen LogP contribution >= 0.6 is 0 Å². The van der Waals surface area contributed by atoms with Crippen molar-refractivity contribution in [2.75, 3.05) is 57.3 Å². The zero-order chi connectivity index (χ0) is 17.7. The van der Waals surface area contributed by atoms with Crippen molar-refractivity contribution in [2.45, 2.75) is 19.8 Å². The fourth-order valence-corrected chi connectivity index (χ4v) is 3.02. The molecule has 1 heterocycles. The average molecular weight is 344 g/mol. The second-order valence-electron chi connectivity index (χ2n) is 6.30. The molecule has 0 unspecified atom stereocenters. The Kier molecular flexibility index (Phi) is 8.91. The Balaban J connectivity index is 1.60. The number of anilines is 1. The molecule has 0 radical (unpaired) electrons. The monoisotopic (exact) mass is 343 g/mol. The van der Waals surface area contributed by atoms with Gasteiger partial charge >= 0.3 is 0 Å². The third kappa shape index (κ3) is 7.18. The lowest BCUT2D eigenvalue weighted by Crippen LogP contribution is -2.46. The largest absolute Gasteiger partial charge is 0.369 e. The van der Waals surface area contributed by atoms with Gasteiger partial charge in [-0.05, 0) is 38.4 Å². The molecule has 5 heteroatoms. The maximum absolute atomic E-state index is 4.61. The van der Waals surface area contributed by atoms with Gasteiger partial charge in [0.1, 0.15) is 0 Å². The summed E-state index contributed by atoms with van der Waals surface area (Å²) in [6.45, 7) is 14.0. The first-order chi connectivity index (χ1) is 12.3. The molecule has 1 aromatic carbocycles. The highest BCUT2D eigenvalue weighted by atomic mass is 15.3. The highest BCUT2D eigenvalue weighted by Gasteiger charge is 2.16. The van der Waals surface area contributed by atoms with Crippen LogP contribution < -0.4 is 15.5 Å². The third-order valence-corrected chi connectivity index (χ3v) is 4.40. The van der Waals surface area contributed by atoms with Gasteiger partial charge in [-0.15, -0.1) is 6.58 Å². The van der Waals surface area contributed by atoms with Crippen molar-refractivity contribution in [1.82, 2.24) is 15.5 Å². The van der Waals surface area contributed by atoms with Gasteiger partial charge in [0.2, 0.25) is 0 Å². The fraction of sp³-hybridized carbons (Fsp3) is 0.550.